The van der Waals surface area contributed by atoms with E-state index in [4.69, 9.17) is 11.6 Å². The van der Waals surface area contributed by atoms with Crippen molar-refractivity contribution in [1.29, 1.82) is 0 Å². The van der Waals surface area contributed by atoms with Gasteiger partial charge in [-0.15, -0.1) is 5.10 Å². The fourth-order valence-electron chi connectivity index (χ4n) is 2.67. The van der Waals surface area contributed by atoms with Crippen molar-refractivity contribution in [1.82, 2.24) is 15.0 Å². The van der Waals surface area contributed by atoms with Gasteiger partial charge in [0, 0.05) is 10.6 Å². The Labute approximate surface area is 112 Å². The Morgan fingerprint density at radius 2 is 1.78 bits per heavy atom. The molecule has 1 heterocycles. The van der Waals surface area contributed by atoms with Crippen molar-refractivity contribution in [2.24, 2.45) is 0 Å². The Bertz CT molecular complexity index is 512. The predicted molar refractivity (Wildman–Crippen MR) is 72.6 cm³/mol. The lowest BCUT2D eigenvalue weighted by molar-refractivity contribution is 0.327. The van der Waals surface area contributed by atoms with Gasteiger partial charge in [-0.05, 0) is 25.0 Å². The van der Waals surface area contributed by atoms with E-state index in [1.54, 1.807) is 0 Å². The number of rotatable bonds is 2. The molecule has 0 radical (unpaired) electrons. The summed E-state index contributed by atoms with van der Waals surface area (Å²) >= 11 is 5.92. The molecule has 0 aliphatic heterocycles. The maximum atomic E-state index is 5.92. The molecule has 18 heavy (non-hydrogen) atoms. The fraction of sp³-hybridized carbons (Fsp3) is 0.429. The van der Waals surface area contributed by atoms with Crippen molar-refractivity contribution in [2.75, 3.05) is 0 Å². The summed E-state index contributed by atoms with van der Waals surface area (Å²) < 4.78 is 2.09. The van der Waals surface area contributed by atoms with Crippen LogP contribution in [-0.2, 0) is 0 Å². The van der Waals surface area contributed by atoms with E-state index >= 15 is 0 Å². The number of aromatic nitrogens is 3. The summed E-state index contributed by atoms with van der Waals surface area (Å²) in [5, 5.41) is 9.11. The van der Waals surface area contributed by atoms with Gasteiger partial charge in [0.05, 0.1) is 17.9 Å². The third-order valence-corrected chi connectivity index (χ3v) is 3.89. The molecule has 2 aromatic rings. The molecule has 4 heteroatoms. The molecule has 0 N–H and O–H groups in total. The molecular formula is C14H16ClN3. The Morgan fingerprint density at radius 1 is 1.06 bits per heavy atom. The molecule has 0 spiro atoms. The maximum Gasteiger partial charge on any atom is 0.0888 e. The van der Waals surface area contributed by atoms with Crippen LogP contribution in [-0.4, -0.2) is 15.0 Å². The third kappa shape index (κ3) is 2.27. The highest BCUT2D eigenvalue weighted by Crippen LogP contribution is 2.31. The molecule has 1 fully saturated rings. The Kier molecular flexibility index (Phi) is 3.33. The second-order valence-electron chi connectivity index (χ2n) is 4.86. The summed E-state index contributed by atoms with van der Waals surface area (Å²) in [6.45, 7) is 0. The van der Waals surface area contributed by atoms with E-state index in [0.29, 0.717) is 6.04 Å². The van der Waals surface area contributed by atoms with Gasteiger partial charge in [-0.25, -0.2) is 4.68 Å². The van der Waals surface area contributed by atoms with Crippen LogP contribution >= 0.6 is 11.6 Å². The molecule has 0 atom stereocenters. The van der Waals surface area contributed by atoms with Crippen LogP contribution in [0, 0.1) is 0 Å². The summed E-state index contributed by atoms with van der Waals surface area (Å²) in [4.78, 5) is 0. The standard InChI is InChI=1S/C14H16ClN3/c15-12-8-6-11(7-9-12)14-10-16-17-18(14)13-4-2-1-3-5-13/h6-10,13H,1-5H2. The first-order valence-electron chi connectivity index (χ1n) is 6.51. The van der Waals surface area contributed by atoms with Gasteiger partial charge < -0.3 is 0 Å². The molecule has 1 aromatic heterocycles. The molecule has 0 bridgehead atoms. The summed E-state index contributed by atoms with van der Waals surface area (Å²) in [6, 6.07) is 8.39. The molecule has 1 aromatic carbocycles. The first-order valence-corrected chi connectivity index (χ1v) is 6.88. The third-order valence-electron chi connectivity index (χ3n) is 3.64. The van der Waals surface area contributed by atoms with Gasteiger partial charge in [-0.3, -0.25) is 0 Å². The predicted octanol–water partition coefficient (Wildman–Crippen LogP) is 4.10. The van der Waals surface area contributed by atoms with Gasteiger partial charge in [0.2, 0.25) is 0 Å². The lowest BCUT2D eigenvalue weighted by atomic mass is 9.95. The number of nitrogens with zero attached hydrogens (tertiary/aromatic N) is 3. The van der Waals surface area contributed by atoms with Gasteiger partial charge in [0.1, 0.15) is 0 Å². The SMILES string of the molecule is Clc1ccc(-c2cnnn2C2CCCCC2)cc1. The zero-order valence-electron chi connectivity index (χ0n) is 10.2. The minimum absolute atomic E-state index is 0.506. The van der Waals surface area contributed by atoms with Crippen molar-refractivity contribution in [3.8, 4) is 11.3 Å². The number of hydrogen-bond donors (Lipinski definition) is 0. The van der Waals surface area contributed by atoms with Gasteiger partial charge in [-0.2, -0.15) is 0 Å². The molecule has 94 valence electrons. The first kappa shape index (κ1) is 11.7. The Hall–Kier alpha value is -1.35. The van der Waals surface area contributed by atoms with E-state index in [0.717, 1.165) is 16.3 Å². The van der Waals surface area contributed by atoms with Crippen molar-refractivity contribution in [3.05, 3.63) is 35.5 Å². The summed E-state index contributed by atoms with van der Waals surface area (Å²) in [5.41, 5.74) is 2.23. The van der Waals surface area contributed by atoms with E-state index in [1.807, 2.05) is 30.5 Å². The number of hydrogen-bond acceptors (Lipinski definition) is 2. The summed E-state index contributed by atoms with van der Waals surface area (Å²) in [7, 11) is 0. The normalized spacial score (nSPS) is 16.9. The molecule has 1 aliphatic rings. The first-order chi connectivity index (χ1) is 8.84. The Balaban J connectivity index is 1.93. The van der Waals surface area contributed by atoms with Crippen molar-refractivity contribution < 1.29 is 0 Å². The van der Waals surface area contributed by atoms with Gasteiger partial charge >= 0.3 is 0 Å². The lowest BCUT2D eigenvalue weighted by Crippen LogP contribution is -2.15. The maximum absolute atomic E-state index is 5.92. The van der Waals surface area contributed by atoms with Crippen LogP contribution < -0.4 is 0 Å². The topological polar surface area (TPSA) is 30.7 Å². The lowest BCUT2D eigenvalue weighted by Gasteiger charge is -2.23. The highest BCUT2D eigenvalue weighted by molar-refractivity contribution is 6.30. The van der Waals surface area contributed by atoms with Crippen LogP contribution in [0.15, 0.2) is 30.5 Å². The van der Waals surface area contributed by atoms with Gasteiger partial charge in [-0.1, -0.05) is 48.2 Å². The van der Waals surface area contributed by atoms with Gasteiger partial charge in [0.25, 0.3) is 0 Å². The highest BCUT2D eigenvalue weighted by Gasteiger charge is 2.19. The average Bonchev–Trinajstić information content (AvgIpc) is 2.90. The number of halogens is 1. The minimum atomic E-state index is 0.506. The fourth-order valence-corrected chi connectivity index (χ4v) is 2.79. The molecule has 3 rings (SSSR count). The smallest absolute Gasteiger partial charge is 0.0888 e. The zero-order valence-corrected chi connectivity index (χ0v) is 11.0. The van der Waals surface area contributed by atoms with Crippen LogP contribution in [0.4, 0.5) is 0 Å². The van der Waals surface area contributed by atoms with Crippen LogP contribution in [0.2, 0.25) is 5.02 Å². The molecular weight excluding hydrogens is 246 g/mol. The van der Waals surface area contributed by atoms with Gasteiger partial charge in [0.15, 0.2) is 0 Å². The van der Waals surface area contributed by atoms with Crippen LogP contribution in [0.3, 0.4) is 0 Å². The van der Waals surface area contributed by atoms with Crippen LogP contribution in [0.25, 0.3) is 11.3 Å². The minimum Gasteiger partial charge on any atom is -0.242 e. The van der Waals surface area contributed by atoms with Crippen LogP contribution in [0.5, 0.6) is 0 Å². The van der Waals surface area contributed by atoms with E-state index in [9.17, 15) is 0 Å². The van der Waals surface area contributed by atoms with E-state index in [1.165, 1.54) is 32.1 Å². The molecule has 3 nitrogen and oxygen atoms in total. The van der Waals surface area contributed by atoms with E-state index < -0.39 is 0 Å². The largest absolute Gasteiger partial charge is 0.242 e. The average molecular weight is 262 g/mol. The summed E-state index contributed by atoms with van der Waals surface area (Å²) in [6.07, 6.45) is 8.21. The monoisotopic (exact) mass is 261 g/mol. The van der Waals surface area contributed by atoms with E-state index in [2.05, 4.69) is 15.0 Å². The molecule has 0 saturated heterocycles. The molecule has 0 amide bonds. The van der Waals surface area contributed by atoms with Crippen molar-refractivity contribution >= 4 is 11.6 Å². The summed E-state index contributed by atoms with van der Waals surface area (Å²) in [5.74, 6) is 0. The zero-order chi connectivity index (χ0) is 12.4. The highest BCUT2D eigenvalue weighted by atomic mass is 35.5. The Morgan fingerprint density at radius 3 is 2.50 bits per heavy atom. The quantitative estimate of drug-likeness (QED) is 0.815. The molecule has 1 saturated carbocycles. The van der Waals surface area contributed by atoms with Crippen molar-refractivity contribution in [3.63, 3.8) is 0 Å². The molecule has 0 unspecified atom stereocenters. The number of benzene rings is 1. The van der Waals surface area contributed by atoms with E-state index in [-0.39, 0.29) is 0 Å². The van der Waals surface area contributed by atoms with Crippen LogP contribution in [0.1, 0.15) is 38.1 Å². The molecule has 1 aliphatic carbocycles. The van der Waals surface area contributed by atoms with Crippen molar-refractivity contribution in [2.45, 2.75) is 38.1 Å². The second kappa shape index (κ2) is 5.11. The second-order valence-corrected chi connectivity index (χ2v) is 5.30.